The molecule has 0 fully saturated rings. The van der Waals surface area contributed by atoms with Gasteiger partial charge in [-0.15, -0.1) is 0 Å². The van der Waals surface area contributed by atoms with Crippen molar-refractivity contribution in [2.75, 3.05) is 26.0 Å². The van der Waals surface area contributed by atoms with Crippen molar-refractivity contribution < 1.29 is 9.53 Å². The predicted molar refractivity (Wildman–Crippen MR) is 76.2 cm³/mol. The summed E-state index contributed by atoms with van der Waals surface area (Å²) in [6.07, 6.45) is 6.01. The molecule has 2 rings (SSSR count). The van der Waals surface area contributed by atoms with Gasteiger partial charge in [0, 0.05) is 19.8 Å². The third kappa shape index (κ3) is 3.50. The third-order valence-electron chi connectivity index (χ3n) is 3.11. The molecule has 4 nitrogen and oxygen atoms in total. The van der Waals surface area contributed by atoms with E-state index in [4.69, 9.17) is 4.74 Å². The fraction of sp³-hybridized carbons (Fsp3) is 0.400. The molecule has 1 amide bonds. The molecule has 1 unspecified atom stereocenters. The number of hydrogen-bond donors (Lipinski definition) is 1. The molecule has 0 aromatic heterocycles. The van der Waals surface area contributed by atoms with E-state index in [2.05, 4.69) is 5.32 Å². The summed E-state index contributed by atoms with van der Waals surface area (Å²) in [4.78, 5) is 13.6. The molecule has 0 saturated carbocycles. The number of amides is 1. The molecule has 1 aliphatic heterocycles. The number of para-hydroxylation sites is 1. The van der Waals surface area contributed by atoms with E-state index >= 15 is 0 Å². The topological polar surface area (TPSA) is 41.6 Å². The minimum absolute atomic E-state index is 0.00700. The van der Waals surface area contributed by atoms with Gasteiger partial charge in [0.05, 0.1) is 18.4 Å². The average Bonchev–Trinajstić information content (AvgIpc) is 2.45. The van der Waals surface area contributed by atoms with Crippen molar-refractivity contribution in [3.8, 4) is 0 Å². The van der Waals surface area contributed by atoms with Crippen LogP contribution >= 0.6 is 0 Å². The first-order chi connectivity index (χ1) is 9.18. The van der Waals surface area contributed by atoms with Crippen LogP contribution < -0.4 is 5.32 Å². The second-order valence-electron chi connectivity index (χ2n) is 4.83. The van der Waals surface area contributed by atoms with Crippen LogP contribution in [0.2, 0.25) is 0 Å². The van der Waals surface area contributed by atoms with Gasteiger partial charge in [-0.2, -0.15) is 0 Å². The zero-order chi connectivity index (χ0) is 13.7. The normalized spacial score (nSPS) is 17.7. The largest absolute Gasteiger partial charge is 0.497 e. The number of nitrogens with zero attached hydrogens (tertiary/aromatic N) is 1. The Morgan fingerprint density at radius 2 is 2.21 bits per heavy atom. The number of carbonyl (C=O) groups excluding carboxylic acids is 1. The molecule has 0 spiro atoms. The summed E-state index contributed by atoms with van der Waals surface area (Å²) in [5, 5.41) is 3.31. The first-order valence-electron chi connectivity index (χ1n) is 6.53. The number of anilines is 1. The SMILES string of the molecule is CN(C)C(=O)c1ccccc1NCC1CCC=CO1. The summed E-state index contributed by atoms with van der Waals surface area (Å²) in [6.45, 7) is 0.710. The number of carbonyl (C=O) groups is 1. The Morgan fingerprint density at radius 1 is 1.42 bits per heavy atom. The number of benzene rings is 1. The molecule has 0 saturated heterocycles. The summed E-state index contributed by atoms with van der Waals surface area (Å²) in [7, 11) is 3.52. The molecule has 1 aromatic carbocycles. The molecule has 102 valence electrons. The molecule has 0 aliphatic carbocycles. The summed E-state index contributed by atoms with van der Waals surface area (Å²) in [5.74, 6) is 0.00700. The standard InChI is InChI=1S/C15H20N2O2/c1-17(2)15(18)13-8-3-4-9-14(13)16-11-12-7-5-6-10-19-12/h3-4,6,8-10,12,16H,5,7,11H2,1-2H3. The Kier molecular flexibility index (Phi) is 4.44. The number of nitrogens with one attached hydrogen (secondary N) is 1. The van der Waals surface area contributed by atoms with Crippen molar-refractivity contribution >= 4 is 11.6 Å². The average molecular weight is 260 g/mol. The molecule has 1 aromatic rings. The lowest BCUT2D eigenvalue weighted by Gasteiger charge is -2.21. The van der Waals surface area contributed by atoms with E-state index in [1.54, 1.807) is 25.3 Å². The van der Waals surface area contributed by atoms with Crippen LogP contribution in [0.15, 0.2) is 36.6 Å². The molecule has 1 aliphatic rings. The van der Waals surface area contributed by atoms with E-state index in [-0.39, 0.29) is 12.0 Å². The van der Waals surface area contributed by atoms with Crippen molar-refractivity contribution in [3.05, 3.63) is 42.2 Å². The highest BCUT2D eigenvalue weighted by Gasteiger charge is 2.15. The van der Waals surface area contributed by atoms with E-state index in [9.17, 15) is 4.79 Å². The maximum Gasteiger partial charge on any atom is 0.255 e. The molecule has 1 N–H and O–H groups in total. The second-order valence-corrected chi connectivity index (χ2v) is 4.83. The van der Waals surface area contributed by atoms with Gasteiger partial charge in [-0.3, -0.25) is 4.79 Å². The minimum atomic E-state index is 0.00700. The first kappa shape index (κ1) is 13.5. The smallest absolute Gasteiger partial charge is 0.255 e. The van der Waals surface area contributed by atoms with Gasteiger partial charge < -0.3 is 15.0 Å². The lowest BCUT2D eigenvalue weighted by molar-refractivity contribution is 0.0828. The molecule has 19 heavy (non-hydrogen) atoms. The fourth-order valence-electron chi connectivity index (χ4n) is 2.02. The van der Waals surface area contributed by atoms with Crippen LogP contribution in [0.25, 0.3) is 0 Å². The molecule has 0 radical (unpaired) electrons. The Morgan fingerprint density at radius 3 is 2.89 bits per heavy atom. The summed E-state index contributed by atoms with van der Waals surface area (Å²) in [5.41, 5.74) is 1.55. The molecular formula is C15H20N2O2. The maximum atomic E-state index is 12.1. The van der Waals surface area contributed by atoms with Crippen molar-refractivity contribution in [2.45, 2.75) is 18.9 Å². The number of allylic oxidation sites excluding steroid dienone is 1. The summed E-state index contributed by atoms with van der Waals surface area (Å²) in [6, 6.07) is 7.57. The summed E-state index contributed by atoms with van der Waals surface area (Å²) >= 11 is 0. The quantitative estimate of drug-likeness (QED) is 0.904. The van der Waals surface area contributed by atoms with Gasteiger partial charge in [0.15, 0.2) is 0 Å². The van der Waals surface area contributed by atoms with Crippen molar-refractivity contribution in [1.82, 2.24) is 4.90 Å². The van der Waals surface area contributed by atoms with Gasteiger partial charge in [0.1, 0.15) is 6.10 Å². The molecule has 0 bridgehead atoms. The minimum Gasteiger partial charge on any atom is -0.497 e. The van der Waals surface area contributed by atoms with Gasteiger partial charge in [-0.1, -0.05) is 12.1 Å². The molecule has 1 heterocycles. The van der Waals surface area contributed by atoms with Gasteiger partial charge >= 0.3 is 0 Å². The number of rotatable bonds is 4. The van der Waals surface area contributed by atoms with Crippen molar-refractivity contribution in [2.24, 2.45) is 0 Å². The second kappa shape index (κ2) is 6.27. The lowest BCUT2D eigenvalue weighted by Crippen LogP contribution is -2.26. The number of ether oxygens (including phenoxy) is 1. The predicted octanol–water partition coefficient (Wildman–Crippen LogP) is 2.49. The molecule has 4 heteroatoms. The summed E-state index contributed by atoms with van der Waals surface area (Å²) < 4.78 is 5.51. The Hall–Kier alpha value is -1.97. The monoisotopic (exact) mass is 260 g/mol. The van der Waals surface area contributed by atoms with Crippen LogP contribution in [0.1, 0.15) is 23.2 Å². The molecular weight excluding hydrogens is 240 g/mol. The Balaban J connectivity index is 2.03. The van der Waals surface area contributed by atoms with Crippen LogP contribution in [0.4, 0.5) is 5.69 Å². The van der Waals surface area contributed by atoms with Crippen molar-refractivity contribution in [1.29, 1.82) is 0 Å². The van der Waals surface area contributed by atoms with Crippen LogP contribution in [-0.4, -0.2) is 37.6 Å². The Bertz CT molecular complexity index is 469. The van der Waals surface area contributed by atoms with Crippen LogP contribution in [-0.2, 0) is 4.74 Å². The van der Waals surface area contributed by atoms with Crippen molar-refractivity contribution in [3.63, 3.8) is 0 Å². The number of hydrogen-bond acceptors (Lipinski definition) is 3. The van der Waals surface area contributed by atoms with Crippen LogP contribution in [0, 0.1) is 0 Å². The van der Waals surface area contributed by atoms with E-state index < -0.39 is 0 Å². The van der Waals surface area contributed by atoms with E-state index in [1.165, 1.54) is 0 Å². The van der Waals surface area contributed by atoms with Gasteiger partial charge in [0.2, 0.25) is 0 Å². The molecule has 1 atom stereocenters. The zero-order valence-electron chi connectivity index (χ0n) is 11.4. The fourth-order valence-corrected chi connectivity index (χ4v) is 2.02. The van der Waals surface area contributed by atoms with E-state index in [1.807, 2.05) is 30.3 Å². The highest BCUT2D eigenvalue weighted by atomic mass is 16.5. The third-order valence-corrected chi connectivity index (χ3v) is 3.11. The van der Waals surface area contributed by atoms with E-state index in [0.717, 1.165) is 18.5 Å². The van der Waals surface area contributed by atoms with Gasteiger partial charge in [-0.05, 0) is 31.1 Å². The van der Waals surface area contributed by atoms with E-state index in [0.29, 0.717) is 12.1 Å². The Labute approximate surface area is 114 Å². The highest BCUT2D eigenvalue weighted by molar-refractivity contribution is 5.99. The maximum absolute atomic E-state index is 12.1. The zero-order valence-corrected chi connectivity index (χ0v) is 11.4. The van der Waals surface area contributed by atoms with Gasteiger partial charge in [0.25, 0.3) is 5.91 Å². The first-order valence-corrected chi connectivity index (χ1v) is 6.53. The van der Waals surface area contributed by atoms with Crippen LogP contribution in [0.5, 0.6) is 0 Å². The van der Waals surface area contributed by atoms with Gasteiger partial charge in [-0.25, -0.2) is 0 Å². The van der Waals surface area contributed by atoms with Crippen LogP contribution in [0.3, 0.4) is 0 Å². The lowest BCUT2D eigenvalue weighted by atomic mass is 10.1. The highest BCUT2D eigenvalue weighted by Crippen LogP contribution is 2.18.